The van der Waals surface area contributed by atoms with Gasteiger partial charge in [0.2, 0.25) is 5.91 Å². The van der Waals surface area contributed by atoms with Crippen LogP contribution < -0.4 is 20.7 Å². The van der Waals surface area contributed by atoms with E-state index in [9.17, 15) is 4.79 Å². The number of hydrogen-bond donors (Lipinski definition) is 3. The highest BCUT2D eigenvalue weighted by Gasteiger charge is 2.28. The summed E-state index contributed by atoms with van der Waals surface area (Å²) in [5.41, 5.74) is 2.26. The molecule has 0 unspecified atom stereocenters. The number of benzene rings is 2. The van der Waals surface area contributed by atoms with E-state index in [4.69, 9.17) is 4.74 Å². The molecule has 154 valence electrons. The quantitative estimate of drug-likeness (QED) is 0.329. The predicted molar refractivity (Wildman–Crippen MR) is 116 cm³/mol. The Kier molecular flexibility index (Phi) is 7.92. The lowest BCUT2D eigenvalue weighted by Gasteiger charge is -2.12. The minimum Gasteiger partial charge on any atom is -0.489 e. The van der Waals surface area contributed by atoms with E-state index >= 15 is 0 Å². The van der Waals surface area contributed by atoms with Crippen molar-refractivity contribution in [3.63, 3.8) is 0 Å². The first-order chi connectivity index (χ1) is 14.2. The summed E-state index contributed by atoms with van der Waals surface area (Å²) in [4.78, 5) is 16.3. The van der Waals surface area contributed by atoms with Crippen molar-refractivity contribution in [1.82, 2.24) is 16.0 Å². The maximum atomic E-state index is 11.6. The minimum absolute atomic E-state index is 0.171. The third-order valence-corrected chi connectivity index (χ3v) is 4.60. The molecule has 1 aliphatic carbocycles. The molecule has 0 bridgehead atoms. The molecule has 6 heteroatoms. The fourth-order valence-corrected chi connectivity index (χ4v) is 2.79. The summed E-state index contributed by atoms with van der Waals surface area (Å²) >= 11 is 0. The van der Waals surface area contributed by atoms with E-state index in [1.165, 1.54) is 0 Å². The largest absolute Gasteiger partial charge is 0.489 e. The summed E-state index contributed by atoms with van der Waals surface area (Å²) in [5.74, 6) is 2.04. The Balaban J connectivity index is 1.42. The van der Waals surface area contributed by atoms with Gasteiger partial charge in [-0.25, -0.2) is 4.99 Å². The molecule has 0 spiro atoms. The lowest BCUT2D eigenvalue weighted by atomic mass is 10.1. The average molecular weight is 395 g/mol. The van der Waals surface area contributed by atoms with Gasteiger partial charge in [0.15, 0.2) is 5.96 Å². The third-order valence-electron chi connectivity index (χ3n) is 4.60. The maximum Gasteiger partial charge on any atom is 0.223 e. The van der Waals surface area contributed by atoms with Crippen molar-refractivity contribution in [3.8, 4) is 5.75 Å². The highest BCUT2D eigenvalue weighted by atomic mass is 16.5. The predicted octanol–water partition coefficient (Wildman–Crippen LogP) is 2.85. The molecular weight excluding hydrogens is 364 g/mol. The second-order valence-electron chi connectivity index (χ2n) is 7.11. The van der Waals surface area contributed by atoms with Crippen LogP contribution >= 0.6 is 0 Å². The summed E-state index contributed by atoms with van der Waals surface area (Å²) in [6.07, 6.45) is 2.06. The number of amides is 1. The monoisotopic (exact) mass is 394 g/mol. The van der Waals surface area contributed by atoms with E-state index in [1.54, 1.807) is 0 Å². The summed E-state index contributed by atoms with van der Waals surface area (Å²) in [5, 5.41) is 9.44. The Morgan fingerprint density at radius 3 is 2.34 bits per heavy atom. The van der Waals surface area contributed by atoms with Gasteiger partial charge in [-0.3, -0.25) is 4.79 Å². The van der Waals surface area contributed by atoms with Crippen molar-refractivity contribution in [2.75, 3.05) is 19.6 Å². The summed E-state index contributed by atoms with van der Waals surface area (Å²) in [6, 6.07) is 18.1. The average Bonchev–Trinajstić information content (AvgIpc) is 3.60. The van der Waals surface area contributed by atoms with Crippen LogP contribution in [0.2, 0.25) is 0 Å². The number of rotatable bonds is 10. The number of hydrogen-bond acceptors (Lipinski definition) is 3. The molecule has 3 N–H and O–H groups in total. The molecule has 1 amide bonds. The Morgan fingerprint density at radius 2 is 1.66 bits per heavy atom. The van der Waals surface area contributed by atoms with Crippen molar-refractivity contribution in [2.45, 2.75) is 32.9 Å². The molecule has 6 nitrogen and oxygen atoms in total. The van der Waals surface area contributed by atoms with Crippen molar-refractivity contribution in [2.24, 2.45) is 10.9 Å². The van der Waals surface area contributed by atoms with Crippen LogP contribution in [0.25, 0.3) is 0 Å². The number of nitrogens with one attached hydrogen (secondary N) is 3. The van der Waals surface area contributed by atoms with Crippen LogP contribution in [0, 0.1) is 5.92 Å². The number of para-hydroxylation sites is 1. The summed E-state index contributed by atoms with van der Waals surface area (Å²) in [7, 11) is 0. The number of carbonyl (C=O) groups excluding carboxylic acids is 1. The molecule has 0 radical (unpaired) electrons. The SMILES string of the molecule is CCNC(=NCc1ccc(COc2ccccc2)cc1)NCCNC(=O)C1CC1. The molecule has 0 atom stereocenters. The van der Waals surface area contributed by atoms with Gasteiger partial charge in [-0.2, -0.15) is 0 Å². The lowest BCUT2D eigenvalue weighted by molar-refractivity contribution is -0.122. The zero-order chi connectivity index (χ0) is 20.3. The Bertz CT molecular complexity index is 786. The molecule has 3 rings (SSSR count). The molecule has 1 aliphatic rings. The van der Waals surface area contributed by atoms with Crippen LogP contribution in [-0.2, 0) is 17.9 Å². The van der Waals surface area contributed by atoms with Crippen LogP contribution in [-0.4, -0.2) is 31.5 Å². The van der Waals surface area contributed by atoms with Gasteiger partial charge in [-0.15, -0.1) is 0 Å². The van der Waals surface area contributed by atoms with Gasteiger partial charge in [0.1, 0.15) is 12.4 Å². The van der Waals surface area contributed by atoms with Crippen LogP contribution in [0.15, 0.2) is 59.6 Å². The normalized spacial score (nSPS) is 13.6. The summed E-state index contributed by atoms with van der Waals surface area (Å²) < 4.78 is 5.77. The molecular formula is C23H30N4O2. The first-order valence-corrected chi connectivity index (χ1v) is 10.3. The second-order valence-corrected chi connectivity index (χ2v) is 7.11. The van der Waals surface area contributed by atoms with Gasteiger partial charge in [0.05, 0.1) is 6.54 Å². The van der Waals surface area contributed by atoms with Gasteiger partial charge >= 0.3 is 0 Å². The maximum absolute atomic E-state index is 11.6. The van der Waals surface area contributed by atoms with E-state index < -0.39 is 0 Å². The van der Waals surface area contributed by atoms with Gasteiger partial charge in [-0.1, -0.05) is 42.5 Å². The molecule has 0 aromatic heterocycles. The Hall–Kier alpha value is -3.02. The fourth-order valence-electron chi connectivity index (χ4n) is 2.79. The van der Waals surface area contributed by atoms with Crippen molar-refractivity contribution >= 4 is 11.9 Å². The molecule has 2 aromatic carbocycles. The molecule has 1 fully saturated rings. The first kappa shape index (κ1) is 20.7. The number of nitrogens with zero attached hydrogens (tertiary/aromatic N) is 1. The highest BCUT2D eigenvalue weighted by molar-refractivity contribution is 5.81. The van der Waals surface area contributed by atoms with Gasteiger partial charge < -0.3 is 20.7 Å². The summed E-state index contributed by atoms with van der Waals surface area (Å²) in [6.45, 7) is 5.22. The van der Waals surface area contributed by atoms with E-state index in [-0.39, 0.29) is 11.8 Å². The van der Waals surface area contributed by atoms with E-state index in [0.717, 1.165) is 42.2 Å². The minimum atomic E-state index is 0.171. The smallest absolute Gasteiger partial charge is 0.223 e. The van der Waals surface area contributed by atoms with Crippen LogP contribution in [0.4, 0.5) is 0 Å². The molecule has 2 aromatic rings. The first-order valence-electron chi connectivity index (χ1n) is 10.3. The molecule has 0 heterocycles. The number of aliphatic imine (C=N–C) groups is 1. The van der Waals surface area contributed by atoms with Gasteiger partial charge in [0, 0.05) is 25.6 Å². The third kappa shape index (κ3) is 7.49. The van der Waals surface area contributed by atoms with Crippen molar-refractivity contribution < 1.29 is 9.53 Å². The highest BCUT2D eigenvalue weighted by Crippen LogP contribution is 2.28. The lowest BCUT2D eigenvalue weighted by Crippen LogP contribution is -2.41. The van der Waals surface area contributed by atoms with E-state index in [2.05, 4.69) is 45.2 Å². The van der Waals surface area contributed by atoms with Gasteiger partial charge in [0.25, 0.3) is 0 Å². The molecule has 29 heavy (non-hydrogen) atoms. The van der Waals surface area contributed by atoms with E-state index in [0.29, 0.717) is 26.2 Å². The number of guanidine groups is 1. The van der Waals surface area contributed by atoms with Crippen molar-refractivity contribution in [1.29, 1.82) is 0 Å². The Morgan fingerprint density at radius 1 is 0.966 bits per heavy atom. The van der Waals surface area contributed by atoms with E-state index in [1.807, 2.05) is 37.3 Å². The fraction of sp³-hybridized carbons (Fsp3) is 0.391. The number of carbonyl (C=O) groups is 1. The second kappa shape index (κ2) is 11.1. The zero-order valence-electron chi connectivity index (χ0n) is 17.0. The van der Waals surface area contributed by atoms with Crippen LogP contribution in [0.5, 0.6) is 5.75 Å². The Labute approximate surface area is 172 Å². The number of ether oxygens (including phenoxy) is 1. The van der Waals surface area contributed by atoms with Crippen LogP contribution in [0.3, 0.4) is 0 Å². The topological polar surface area (TPSA) is 74.8 Å². The molecule has 1 saturated carbocycles. The van der Waals surface area contributed by atoms with Gasteiger partial charge in [-0.05, 0) is 43.0 Å². The zero-order valence-corrected chi connectivity index (χ0v) is 17.0. The van der Waals surface area contributed by atoms with Crippen molar-refractivity contribution in [3.05, 3.63) is 65.7 Å². The van der Waals surface area contributed by atoms with Crippen LogP contribution in [0.1, 0.15) is 30.9 Å². The molecule has 0 aliphatic heterocycles. The molecule has 0 saturated heterocycles. The standard InChI is InChI=1S/C23H30N4O2/c1-2-24-23(26-15-14-25-22(28)20-12-13-20)27-16-18-8-10-19(11-9-18)17-29-21-6-4-3-5-7-21/h3-11,20H,2,12-17H2,1H3,(H,25,28)(H2,24,26,27).